The summed E-state index contributed by atoms with van der Waals surface area (Å²) in [5.41, 5.74) is 6.50. The Morgan fingerprint density at radius 2 is 1.92 bits per heavy atom. The quantitative estimate of drug-likeness (QED) is 0.0607. The lowest BCUT2D eigenvalue weighted by molar-refractivity contribution is -0.148. The third-order valence-electron chi connectivity index (χ3n) is 6.20. The van der Waals surface area contributed by atoms with Crippen LogP contribution in [0.1, 0.15) is 26.5 Å². The smallest absolute Gasteiger partial charge is 0.449 e. The molecule has 0 saturated carbocycles. The highest BCUT2D eigenvalue weighted by molar-refractivity contribution is 8.01. The zero-order valence-corrected chi connectivity index (χ0v) is 27.6. The van der Waals surface area contributed by atoms with Crippen molar-refractivity contribution in [3.63, 3.8) is 0 Å². The molecule has 2 atom stereocenters. The molecule has 2 aromatic heterocycles. The lowest BCUT2D eigenvalue weighted by Crippen LogP contribution is -2.70. The van der Waals surface area contributed by atoms with Crippen LogP contribution in [-0.4, -0.2) is 90.3 Å². The molecule has 0 bridgehead atoms. The molecule has 252 valence electrons. The monoisotopic (exact) mass is 719 g/mol. The summed E-state index contributed by atoms with van der Waals surface area (Å²) < 4.78 is 21.0. The first-order valence-corrected chi connectivity index (χ1v) is 16.6. The van der Waals surface area contributed by atoms with E-state index in [1.54, 1.807) is 6.92 Å². The molecule has 4 N–H and O–H groups in total. The second-order valence-corrected chi connectivity index (χ2v) is 12.5. The number of esters is 2. The van der Waals surface area contributed by atoms with Crippen molar-refractivity contribution in [2.75, 3.05) is 23.8 Å². The molecule has 1 aromatic carbocycles. The van der Waals surface area contributed by atoms with E-state index in [0.29, 0.717) is 11.1 Å². The molecule has 5 rings (SSSR count). The highest BCUT2D eigenvalue weighted by atomic mass is 32.2. The predicted molar refractivity (Wildman–Crippen MR) is 169 cm³/mol. The first kappa shape index (κ1) is 34.2. The summed E-state index contributed by atoms with van der Waals surface area (Å²) in [4.78, 5) is 71.2. The number of ether oxygens (including phenoxy) is 3. The molecule has 18 nitrogen and oxygen atoms in total. The Morgan fingerprint density at radius 3 is 2.58 bits per heavy atom. The number of amides is 2. The molecule has 1 saturated heterocycles. The molecule has 0 spiro atoms. The molecule has 21 heteroatoms. The third-order valence-corrected chi connectivity index (χ3v) is 9.12. The van der Waals surface area contributed by atoms with Crippen LogP contribution < -0.4 is 20.5 Å². The number of aromatic nitrogens is 3. The molecular formula is C27H25N7O11S3. The number of fused-ring (bicyclic) bond motifs is 1. The van der Waals surface area contributed by atoms with E-state index in [1.165, 1.54) is 49.2 Å². The minimum absolute atomic E-state index is 0.0210. The molecule has 1 fully saturated rings. The van der Waals surface area contributed by atoms with Crippen molar-refractivity contribution in [1.29, 1.82) is 0 Å². The number of nitrogens with two attached hydrogens (primary N) is 1. The number of nitrogen functional groups attached to an aromatic ring is 1. The number of carbonyl (C=O) groups excluding carboxylic acids is 4. The summed E-state index contributed by atoms with van der Waals surface area (Å²) in [6.45, 7) is 4.25. The van der Waals surface area contributed by atoms with E-state index in [1.807, 2.05) is 0 Å². The summed E-state index contributed by atoms with van der Waals surface area (Å²) in [7, 11) is 0. The van der Waals surface area contributed by atoms with Gasteiger partial charge in [0.25, 0.3) is 17.0 Å². The molecule has 0 unspecified atom stereocenters. The third kappa shape index (κ3) is 7.69. The summed E-state index contributed by atoms with van der Waals surface area (Å²) >= 11 is 3.44. The normalized spacial score (nSPS) is 17.3. The Hall–Kier alpha value is -5.15. The van der Waals surface area contributed by atoms with Gasteiger partial charge in [0, 0.05) is 41.9 Å². The topological polar surface area (TPSA) is 248 Å². The molecule has 2 amide bonds. The van der Waals surface area contributed by atoms with Gasteiger partial charge >= 0.3 is 18.1 Å². The zero-order valence-electron chi connectivity index (χ0n) is 25.2. The van der Waals surface area contributed by atoms with Gasteiger partial charge in [-0.2, -0.15) is 0 Å². The summed E-state index contributed by atoms with van der Waals surface area (Å²) in [5.74, 6) is -2.38. The molecule has 0 aliphatic carbocycles. The van der Waals surface area contributed by atoms with Crippen molar-refractivity contribution in [3.8, 4) is 23.0 Å². The van der Waals surface area contributed by atoms with E-state index in [4.69, 9.17) is 29.2 Å². The number of nitrogens with zero attached hydrogens (tertiary/aromatic N) is 5. The van der Waals surface area contributed by atoms with Gasteiger partial charge in [0.05, 0.1) is 0 Å². The maximum absolute atomic E-state index is 13.2. The van der Waals surface area contributed by atoms with Crippen molar-refractivity contribution < 1.29 is 52.5 Å². The van der Waals surface area contributed by atoms with Crippen molar-refractivity contribution in [2.24, 2.45) is 5.16 Å². The zero-order chi connectivity index (χ0) is 34.5. The maximum atomic E-state index is 13.2. The van der Waals surface area contributed by atoms with Crippen molar-refractivity contribution in [3.05, 3.63) is 40.7 Å². The number of carboxylic acid groups (broad SMARTS) is 1. The number of nitrogens with one attached hydrogen (secondary N) is 1. The molecular weight excluding hydrogens is 695 g/mol. The number of anilines is 1. The van der Waals surface area contributed by atoms with Gasteiger partial charge in [0.15, 0.2) is 22.3 Å². The van der Waals surface area contributed by atoms with Crippen molar-refractivity contribution in [1.82, 2.24) is 25.4 Å². The number of rotatable bonds is 12. The second kappa shape index (κ2) is 14.7. The van der Waals surface area contributed by atoms with Gasteiger partial charge in [0.1, 0.15) is 23.7 Å². The van der Waals surface area contributed by atoms with Gasteiger partial charge in [-0.05, 0) is 25.1 Å². The molecule has 3 aromatic rings. The van der Waals surface area contributed by atoms with E-state index >= 15 is 0 Å². The van der Waals surface area contributed by atoms with E-state index in [-0.39, 0.29) is 63.1 Å². The van der Waals surface area contributed by atoms with Crippen molar-refractivity contribution in [2.45, 2.75) is 37.4 Å². The van der Waals surface area contributed by atoms with E-state index in [0.717, 1.165) is 28.0 Å². The van der Waals surface area contributed by atoms with Gasteiger partial charge in [-0.15, -0.1) is 33.3 Å². The van der Waals surface area contributed by atoms with E-state index in [2.05, 4.69) is 25.7 Å². The average molecular weight is 720 g/mol. The fraction of sp³-hybridized carbons (Fsp3) is 0.296. The number of thioether (sulfide) groups is 2. The largest absolute Gasteiger partial charge is 0.512 e. The average Bonchev–Trinajstić information content (AvgIpc) is 3.68. The van der Waals surface area contributed by atoms with Crippen LogP contribution in [0.25, 0.3) is 11.5 Å². The lowest BCUT2D eigenvalue weighted by Gasteiger charge is -2.49. The van der Waals surface area contributed by atoms with Crippen LogP contribution in [0.5, 0.6) is 11.5 Å². The lowest BCUT2D eigenvalue weighted by atomic mass is 10.1. The minimum atomic E-state index is -1.63. The number of β-lactam (4-membered cyclic amide) rings is 1. The summed E-state index contributed by atoms with van der Waals surface area (Å²) in [6, 6.07) is 3.30. The van der Waals surface area contributed by atoms with Crippen molar-refractivity contribution >= 4 is 75.6 Å². The van der Waals surface area contributed by atoms with Gasteiger partial charge in [-0.1, -0.05) is 16.9 Å². The molecule has 4 heterocycles. The number of hydrogen-bond donors (Lipinski definition) is 3. The number of carbonyl (C=O) groups is 5. The summed E-state index contributed by atoms with van der Waals surface area (Å²) in [5, 5.41) is 25.0. The Balaban J connectivity index is 1.29. The number of thiazole rings is 1. The number of hydrogen-bond acceptors (Lipinski definition) is 18. The number of oxime groups is 1. The molecule has 2 aliphatic rings. The van der Waals surface area contributed by atoms with Gasteiger partial charge in [-0.3, -0.25) is 24.1 Å². The molecule has 2 aliphatic heterocycles. The fourth-order valence-corrected chi connectivity index (χ4v) is 7.06. The second-order valence-electron chi connectivity index (χ2n) is 9.58. The highest BCUT2D eigenvalue weighted by Gasteiger charge is 2.54. The standard InChI is InChI=1S/C27H25N7O11S3/c1-4-41-33-18(15-10-47-25(28)29-15)20(37)30-19-22(38)34-23(45-27(39)40)14(8-46-24(19)34)9-48-26-32-31-21(44-26)13-5-6-16(42-11(2)35)17(7-13)43-12(3)36/h5-7,10,19,24H,4,8-9H2,1-3H3,(H2,28,29)(H,30,37)(H,39,40)/t19-,24+/m1/s1. The highest BCUT2D eigenvalue weighted by Crippen LogP contribution is 2.42. The Kier molecular flexibility index (Phi) is 10.5. The van der Waals surface area contributed by atoms with Crippen LogP contribution in [-0.2, 0) is 28.8 Å². The van der Waals surface area contributed by atoms with Gasteiger partial charge < -0.3 is 39.6 Å². The first-order chi connectivity index (χ1) is 22.9. The van der Waals surface area contributed by atoms with Crippen LogP contribution in [0, 0.1) is 0 Å². The predicted octanol–water partition coefficient (Wildman–Crippen LogP) is 2.46. The van der Waals surface area contributed by atoms with Gasteiger partial charge in [-0.25, -0.2) is 9.78 Å². The summed E-state index contributed by atoms with van der Waals surface area (Å²) in [6.07, 6.45) is -1.63. The van der Waals surface area contributed by atoms with E-state index < -0.39 is 41.3 Å². The van der Waals surface area contributed by atoms with Crippen LogP contribution >= 0.6 is 34.9 Å². The van der Waals surface area contributed by atoms with Gasteiger partial charge in [0.2, 0.25) is 11.8 Å². The number of benzene rings is 1. The SMILES string of the molecule is CCON=C(C(=O)N[C@@H]1C(=O)N2C(OC(=O)O)=C(CSc3nnc(-c4ccc(OC(C)=O)c(OC(C)=O)c4)o3)CS[C@@H]12)c1csc(N)n1. The fourth-order valence-electron chi connectivity index (χ4n) is 4.30. The van der Waals surface area contributed by atoms with Crippen LogP contribution in [0.3, 0.4) is 0 Å². The molecule has 48 heavy (non-hydrogen) atoms. The van der Waals surface area contributed by atoms with Crippen LogP contribution in [0.15, 0.2) is 49.8 Å². The minimum Gasteiger partial charge on any atom is -0.449 e. The van der Waals surface area contributed by atoms with Crippen LogP contribution in [0.4, 0.5) is 9.93 Å². The maximum Gasteiger partial charge on any atom is 0.512 e. The molecule has 0 radical (unpaired) electrons. The Morgan fingerprint density at radius 1 is 1.17 bits per heavy atom. The Bertz CT molecular complexity index is 1840. The Labute approximate surface area is 283 Å². The first-order valence-electron chi connectivity index (χ1n) is 13.7. The van der Waals surface area contributed by atoms with Crippen LogP contribution in [0.2, 0.25) is 0 Å². The van der Waals surface area contributed by atoms with E-state index in [9.17, 15) is 29.1 Å².